The molecule has 1 heterocycles. The minimum absolute atomic E-state index is 0.0684. The van der Waals surface area contributed by atoms with Gasteiger partial charge in [-0.3, -0.25) is 4.90 Å². The highest BCUT2D eigenvalue weighted by atomic mass is 16.6. The third-order valence-corrected chi connectivity index (χ3v) is 3.19. The summed E-state index contributed by atoms with van der Waals surface area (Å²) in [6.07, 6.45) is -0.389. The van der Waals surface area contributed by atoms with Gasteiger partial charge in [-0.1, -0.05) is 30.3 Å². The Hall–Kier alpha value is -2.49. The van der Waals surface area contributed by atoms with E-state index in [1.807, 2.05) is 49.4 Å². The molecule has 4 heteroatoms. The molecular formula is C16H15NO3. The van der Waals surface area contributed by atoms with Crippen LogP contribution < -0.4 is 14.4 Å². The Balaban J connectivity index is 1.87. The molecule has 0 saturated carbocycles. The van der Waals surface area contributed by atoms with Crippen LogP contribution in [0.5, 0.6) is 11.5 Å². The molecule has 0 N–H and O–H groups in total. The molecule has 20 heavy (non-hydrogen) atoms. The molecule has 3 rings (SSSR count). The third kappa shape index (κ3) is 2.32. The molecule has 0 saturated heterocycles. The van der Waals surface area contributed by atoms with E-state index in [0.717, 1.165) is 5.69 Å². The van der Waals surface area contributed by atoms with Crippen molar-refractivity contribution in [3.63, 3.8) is 0 Å². The van der Waals surface area contributed by atoms with E-state index in [0.29, 0.717) is 18.1 Å². The van der Waals surface area contributed by atoms with Gasteiger partial charge in [0, 0.05) is 0 Å². The van der Waals surface area contributed by atoms with Crippen LogP contribution in [0.3, 0.4) is 0 Å². The normalized spacial score (nSPS) is 17.1. The summed E-state index contributed by atoms with van der Waals surface area (Å²) >= 11 is 0. The van der Waals surface area contributed by atoms with Gasteiger partial charge in [0.2, 0.25) is 0 Å². The van der Waals surface area contributed by atoms with Crippen molar-refractivity contribution >= 4 is 11.8 Å². The molecule has 2 aromatic rings. The fourth-order valence-corrected chi connectivity index (χ4v) is 2.22. The Labute approximate surface area is 117 Å². The van der Waals surface area contributed by atoms with Gasteiger partial charge in [0.15, 0.2) is 0 Å². The van der Waals surface area contributed by atoms with Crippen molar-refractivity contribution in [2.24, 2.45) is 0 Å². The van der Waals surface area contributed by atoms with Crippen LogP contribution in [0.2, 0.25) is 0 Å². The van der Waals surface area contributed by atoms with Crippen molar-refractivity contribution in [3.05, 3.63) is 54.6 Å². The third-order valence-electron chi connectivity index (χ3n) is 3.19. The Bertz CT molecular complexity index is 612. The molecule has 0 bridgehead atoms. The molecule has 102 valence electrons. The van der Waals surface area contributed by atoms with E-state index < -0.39 is 0 Å². The number of anilines is 1. The van der Waals surface area contributed by atoms with Crippen LogP contribution in [0.25, 0.3) is 0 Å². The molecule has 1 aliphatic rings. The lowest BCUT2D eigenvalue weighted by Crippen LogP contribution is -2.46. The SMILES string of the molecule is CC1COc2ccccc2N1C(=O)Oc1ccccc1. The first kappa shape index (κ1) is 12.5. The quantitative estimate of drug-likeness (QED) is 0.795. The number of benzene rings is 2. The highest BCUT2D eigenvalue weighted by Gasteiger charge is 2.30. The van der Waals surface area contributed by atoms with Crippen LogP contribution >= 0.6 is 0 Å². The van der Waals surface area contributed by atoms with Gasteiger partial charge in [0.1, 0.15) is 18.1 Å². The number of ether oxygens (including phenoxy) is 2. The van der Waals surface area contributed by atoms with Gasteiger partial charge in [0.05, 0.1) is 11.7 Å². The number of amides is 1. The molecule has 1 atom stereocenters. The van der Waals surface area contributed by atoms with E-state index in [1.54, 1.807) is 17.0 Å². The van der Waals surface area contributed by atoms with Crippen molar-refractivity contribution in [3.8, 4) is 11.5 Å². The Morgan fingerprint density at radius 1 is 1.15 bits per heavy atom. The minimum atomic E-state index is -0.389. The zero-order valence-electron chi connectivity index (χ0n) is 11.2. The summed E-state index contributed by atoms with van der Waals surface area (Å²) in [5.74, 6) is 1.24. The van der Waals surface area contributed by atoms with Crippen LogP contribution in [0.15, 0.2) is 54.6 Å². The second-order valence-electron chi connectivity index (χ2n) is 4.68. The largest absolute Gasteiger partial charge is 0.489 e. The lowest BCUT2D eigenvalue weighted by molar-refractivity contribution is 0.195. The fraction of sp³-hybridized carbons (Fsp3) is 0.188. The summed E-state index contributed by atoms with van der Waals surface area (Å²) in [4.78, 5) is 14.0. The highest BCUT2D eigenvalue weighted by molar-refractivity contribution is 5.92. The molecule has 0 fully saturated rings. The number of fused-ring (bicyclic) bond motifs is 1. The Morgan fingerprint density at radius 3 is 2.65 bits per heavy atom. The zero-order valence-corrected chi connectivity index (χ0v) is 11.2. The maximum Gasteiger partial charge on any atom is 0.420 e. The summed E-state index contributed by atoms with van der Waals surface area (Å²) in [5.41, 5.74) is 0.743. The van der Waals surface area contributed by atoms with Crippen molar-refractivity contribution < 1.29 is 14.3 Å². The molecule has 1 unspecified atom stereocenters. The molecule has 1 amide bonds. The monoisotopic (exact) mass is 269 g/mol. The molecule has 0 aromatic heterocycles. The van der Waals surface area contributed by atoms with Gasteiger partial charge >= 0.3 is 6.09 Å². The average Bonchev–Trinajstić information content (AvgIpc) is 2.48. The first-order valence-corrected chi connectivity index (χ1v) is 6.53. The van der Waals surface area contributed by atoms with Gasteiger partial charge in [-0.2, -0.15) is 0 Å². The Kier molecular flexibility index (Phi) is 3.29. The zero-order chi connectivity index (χ0) is 13.9. The van der Waals surface area contributed by atoms with E-state index in [2.05, 4.69) is 0 Å². The summed E-state index contributed by atoms with van der Waals surface area (Å²) in [6.45, 7) is 2.39. The second kappa shape index (κ2) is 5.25. The highest BCUT2D eigenvalue weighted by Crippen LogP contribution is 2.34. The van der Waals surface area contributed by atoms with E-state index in [4.69, 9.17) is 9.47 Å². The van der Waals surface area contributed by atoms with E-state index in [-0.39, 0.29) is 12.1 Å². The van der Waals surface area contributed by atoms with Crippen molar-refractivity contribution in [1.82, 2.24) is 0 Å². The van der Waals surface area contributed by atoms with E-state index in [9.17, 15) is 4.79 Å². The number of para-hydroxylation sites is 3. The first-order valence-electron chi connectivity index (χ1n) is 6.53. The summed E-state index contributed by atoms with van der Waals surface area (Å²) in [5, 5.41) is 0. The number of carbonyl (C=O) groups is 1. The topological polar surface area (TPSA) is 38.8 Å². The van der Waals surface area contributed by atoms with Crippen LogP contribution in [-0.2, 0) is 0 Å². The smallest absolute Gasteiger partial charge is 0.420 e. The predicted octanol–water partition coefficient (Wildman–Crippen LogP) is 3.47. The van der Waals surface area contributed by atoms with Gasteiger partial charge < -0.3 is 9.47 Å². The molecule has 2 aromatic carbocycles. The van der Waals surface area contributed by atoms with Crippen LogP contribution in [0.1, 0.15) is 6.92 Å². The standard InChI is InChI=1S/C16H15NO3/c1-12-11-19-15-10-6-5-9-14(15)17(12)16(18)20-13-7-3-2-4-8-13/h2-10,12H,11H2,1H3. The molecular weight excluding hydrogens is 254 g/mol. The van der Waals surface area contributed by atoms with Crippen molar-refractivity contribution in [2.75, 3.05) is 11.5 Å². The number of hydrogen-bond acceptors (Lipinski definition) is 3. The summed E-state index contributed by atoms with van der Waals surface area (Å²) in [6, 6.07) is 16.5. The second-order valence-corrected chi connectivity index (χ2v) is 4.68. The lowest BCUT2D eigenvalue weighted by Gasteiger charge is -2.34. The molecule has 0 spiro atoms. The molecule has 0 aliphatic carbocycles. The van der Waals surface area contributed by atoms with Gasteiger partial charge in [-0.25, -0.2) is 4.79 Å². The maximum atomic E-state index is 12.4. The molecule has 0 radical (unpaired) electrons. The maximum absolute atomic E-state index is 12.4. The van der Waals surface area contributed by atoms with Gasteiger partial charge in [-0.05, 0) is 31.2 Å². The fourth-order valence-electron chi connectivity index (χ4n) is 2.22. The molecule has 4 nitrogen and oxygen atoms in total. The Morgan fingerprint density at radius 2 is 1.85 bits per heavy atom. The number of nitrogens with zero attached hydrogens (tertiary/aromatic N) is 1. The van der Waals surface area contributed by atoms with Crippen LogP contribution in [-0.4, -0.2) is 18.7 Å². The summed E-state index contributed by atoms with van der Waals surface area (Å²) < 4.78 is 11.0. The number of rotatable bonds is 1. The summed E-state index contributed by atoms with van der Waals surface area (Å²) in [7, 11) is 0. The van der Waals surface area contributed by atoms with Crippen LogP contribution in [0.4, 0.5) is 10.5 Å². The van der Waals surface area contributed by atoms with Gasteiger partial charge in [0.25, 0.3) is 0 Å². The van der Waals surface area contributed by atoms with E-state index in [1.165, 1.54) is 0 Å². The first-order chi connectivity index (χ1) is 9.75. The van der Waals surface area contributed by atoms with Crippen molar-refractivity contribution in [1.29, 1.82) is 0 Å². The lowest BCUT2D eigenvalue weighted by atomic mass is 10.2. The van der Waals surface area contributed by atoms with Crippen molar-refractivity contribution in [2.45, 2.75) is 13.0 Å². The predicted molar refractivity (Wildman–Crippen MR) is 76.3 cm³/mol. The minimum Gasteiger partial charge on any atom is -0.489 e. The average molecular weight is 269 g/mol. The van der Waals surface area contributed by atoms with Gasteiger partial charge in [-0.15, -0.1) is 0 Å². The van der Waals surface area contributed by atoms with Crippen LogP contribution in [0, 0.1) is 0 Å². The number of hydrogen-bond donors (Lipinski definition) is 0. The van der Waals surface area contributed by atoms with E-state index >= 15 is 0 Å². The number of carbonyl (C=O) groups excluding carboxylic acids is 1. The molecule has 1 aliphatic heterocycles.